The first-order valence-electron chi connectivity index (χ1n) is 10.4. The van der Waals surface area contributed by atoms with E-state index in [1.54, 1.807) is 60.3 Å². The van der Waals surface area contributed by atoms with Crippen LogP contribution in [0.4, 0.5) is 0 Å². The monoisotopic (exact) mass is 468 g/mol. The summed E-state index contributed by atoms with van der Waals surface area (Å²) in [6.45, 7) is 1.86. The SMILES string of the molecule is CCOc1cc(C(CN2C(=O)c3cccc(-n4cccc4)c3C2=O)S(C)(=O)=O)ccc1OC. The number of rotatable bonds is 8. The van der Waals surface area contributed by atoms with E-state index in [4.69, 9.17) is 9.47 Å². The third kappa shape index (κ3) is 4.11. The number of sulfone groups is 1. The zero-order chi connectivity index (χ0) is 23.8. The molecule has 33 heavy (non-hydrogen) atoms. The first kappa shape index (κ1) is 22.6. The lowest BCUT2D eigenvalue weighted by Gasteiger charge is -2.22. The van der Waals surface area contributed by atoms with Crippen molar-refractivity contribution in [3.8, 4) is 17.2 Å². The highest BCUT2D eigenvalue weighted by Crippen LogP contribution is 2.35. The zero-order valence-corrected chi connectivity index (χ0v) is 19.3. The number of carbonyl (C=O) groups excluding carboxylic acids is 2. The van der Waals surface area contributed by atoms with Gasteiger partial charge in [0.15, 0.2) is 21.3 Å². The topological polar surface area (TPSA) is 94.9 Å². The third-order valence-corrected chi connectivity index (χ3v) is 7.04. The number of ether oxygens (including phenoxy) is 2. The molecule has 0 N–H and O–H groups in total. The van der Waals surface area contributed by atoms with Crippen molar-refractivity contribution < 1.29 is 27.5 Å². The van der Waals surface area contributed by atoms with Crippen molar-refractivity contribution >= 4 is 21.7 Å². The molecule has 1 aliphatic rings. The average molecular weight is 469 g/mol. The first-order valence-corrected chi connectivity index (χ1v) is 12.3. The van der Waals surface area contributed by atoms with Gasteiger partial charge in [-0.05, 0) is 48.9 Å². The summed E-state index contributed by atoms with van der Waals surface area (Å²) in [7, 11) is -2.20. The molecule has 8 nitrogen and oxygen atoms in total. The third-order valence-electron chi connectivity index (χ3n) is 5.58. The van der Waals surface area contributed by atoms with Gasteiger partial charge in [-0.3, -0.25) is 14.5 Å². The molecule has 2 amide bonds. The lowest BCUT2D eigenvalue weighted by Crippen LogP contribution is -2.36. The summed E-state index contributed by atoms with van der Waals surface area (Å²) in [5, 5.41) is -1.13. The van der Waals surface area contributed by atoms with Crippen LogP contribution in [0.1, 0.15) is 38.5 Å². The minimum Gasteiger partial charge on any atom is -0.493 e. The molecule has 172 valence electrons. The molecule has 0 bridgehead atoms. The number of amides is 2. The van der Waals surface area contributed by atoms with Crippen LogP contribution in [-0.2, 0) is 9.84 Å². The molecule has 1 aromatic heterocycles. The Bertz CT molecular complexity index is 1310. The van der Waals surface area contributed by atoms with Crippen LogP contribution in [0.25, 0.3) is 5.69 Å². The van der Waals surface area contributed by atoms with E-state index in [1.807, 2.05) is 12.1 Å². The largest absolute Gasteiger partial charge is 0.493 e. The molecule has 0 aliphatic carbocycles. The number of hydrogen-bond donors (Lipinski definition) is 0. The Balaban J connectivity index is 1.73. The number of fused-ring (bicyclic) bond motifs is 1. The maximum absolute atomic E-state index is 13.3. The van der Waals surface area contributed by atoms with Crippen molar-refractivity contribution in [2.75, 3.05) is 26.5 Å². The van der Waals surface area contributed by atoms with Gasteiger partial charge in [-0.1, -0.05) is 12.1 Å². The number of benzene rings is 2. The molecule has 0 spiro atoms. The second-order valence-electron chi connectivity index (χ2n) is 7.67. The Hall–Kier alpha value is -3.59. The molecule has 1 atom stereocenters. The van der Waals surface area contributed by atoms with E-state index in [0.717, 1.165) is 11.2 Å². The van der Waals surface area contributed by atoms with Crippen LogP contribution < -0.4 is 9.47 Å². The summed E-state index contributed by atoms with van der Waals surface area (Å²) in [5.41, 5.74) is 1.49. The Morgan fingerprint density at radius 1 is 0.970 bits per heavy atom. The number of methoxy groups -OCH3 is 1. The number of carbonyl (C=O) groups is 2. The maximum atomic E-state index is 13.3. The van der Waals surface area contributed by atoms with Crippen LogP contribution in [0.2, 0.25) is 0 Å². The fourth-order valence-electron chi connectivity index (χ4n) is 4.01. The van der Waals surface area contributed by atoms with E-state index in [9.17, 15) is 18.0 Å². The Kier molecular flexibility index (Phi) is 5.99. The molecule has 2 heterocycles. The first-order chi connectivity index (χ1) is 15.8. The van der Waals surface area contributed by atoms with E-state index < -0.39 is 26.9 Å². The van der Waals surface area contributed by atoms with Gasteiger partial charge < -0.3 is 14.0 Å². The highest BCUT2D eigenvalue weighted by molar-refractivity contribution is 7.91. The van der Waals surface area contributed by atoms with Crippen LogP contribution in [0.5, 0.6) is 11.5 Å². The molecule has 1 aliphatic heterocycles. The Morgan fingerprint density at radius 2 is 1.70 bits per heavy atom. The van der Waals surface area contributed by atoms with Gasteiger partial charge in [-0.2, -0.15) is 0 Å². The maximum Gasteiger partial charge on any atom is 0.263 e. The normalized spacial score (nSPS) is 14.3. The molecule has 4 rings (SSSR count). The van der Waals surface area contributed by atoms with Crippen LogP contribution in [0.15, 0.2) is 60.9 Å². The molecule has 0 fully saturated rings. The van der Waals surface area contributed by atoms with Crippen LogP contribution in [0.3, 0.4) is 0 Å². The van der Waals surface area contributed by atoms with Crippen LogP contribution >= 0.6 is 0 Å². The standard InChI is InChI=1S/C24H24N2O6S/c1-4-32-20-14-16(10-11-19(20)31-2)21(33(3,29)30)15-26-23(27)17-8-7-9-18(22(17)24(26)28)25-12-5-6-13-25/h5-14,21H,4,15H2,1-3H3. The van der Waals surface area contributed by atoms with Crippen molar-refractivity contribution in [1.29, 1.82) is 0 Å². The van der Waals surface area contributed by atoms with Gasteiger partial charge in [0.05, 0.1) is 37.1 Å². The number of imide groups is 1. The molecular weight excluding hydrogens is 444 g/mol. The highest BCUT2D eigenvalue weighted by Gasteiger charge is 2.41. The van der Waals surface area contributed by atoms with Gasteiger partial charge in [0, 0.05) is 18.6 Å². The lowest BCUT2D eigenvalue weighted by molar-refractivity contribution is 0.0654. The van der Waals surface area contributed by atoms with Gasteiger partial charge >= 0.3 is 0 Å². The molecular formula is C24H24N2O6S. The molecule has 2 aromatic carbocycles. The second-order valence-corrected chi connectivity index (χ2v) is 9.90. The number of aromatic nitrogens is 1. The molecule has 3 aromatic rings. The molecule has 1 unspecified atom stereocenters. The fourth-order valence-corrected chi connectivity index (χ4v) is 5.07. The van der Waals surface area contributed by atoms with Gasteiger partial charge in [-0.25, -0.2) is 8.42 Å². The lowest BCUT2D eigenvalue weighted by atomic mass is 10.1. The molecule has 0 saturated carbocycles. The Morgan fingerprint density at radius 3 is 2.33 bits per heavy atom. The quantitative estimate of drug-likeness (QED) is 0.471. The minimum absolute atomic E-state index is 0.253. The number of hydrogen-bond acceptors (Lipinski definition) is 6. The van der Waals surface area contributed by atoms with Crippen molar-refractivity contribution in [1.82, 2.24) is 9.47 Å². The second kappa shape index (κ2) is 8.74. The van der Waals surface area contributed by atoms with E-state index in [2.05, 4.69) is 0 Å². The van der Waals surface area contributed by atoms with Crippen molar-refractivity contribution in [2.45, 2.75) is 12.2 Å². The van der Waals surface area contributed by atoms with Crippen molar-refractivity contribution in [2.24, 2.45) is 0 Å². The predicted molar refractivity (Wildman–Crippen MR) is 123 cm³/mol. The fraction of sp³-hybridized carbons (Fsp3) is 0.250. The van der Waals surface area contributed by atoms with Gasteiger partial charge in [-0.15, -0.1) is 0 Å². The van der Waals surface area contributed by atoms with Crippen molar-refractivity contribution in [3.05, 3.63) is 77.6 Å². The summed E-state index contributed by atoms with van der Waals surface area (Å²) in [6.07, 6.45) is 4.65. The summed E-state index contributed by atoms with van der Waals surface area (Å²) in [4.78, 5) is 27.5. The van der Waals surface area contributed by atoms with Gasteiger partial charge in [0.1, 0.15) is 5.25 Å². The summed E-state index contributed by atoms with van der Waals surface area (Å²) < 4.78 is 38.1. The predicted octanol–water partition coefficient (Wildman–Crippen LogP) is 3.27. The molecule has 0 saturated heterocycles. The van der Waals surface area contributed by atoms with Gasteiger partial charge in [0.2, 0.25) is 0 Å². The summed E-state index contributed by atoms with van der Waals surface area (Å²) in [6, 6.07) is 13.5. The number of nitrogens with zero attached hydrogens (tertiary/aromatic N) is 2. The zero-order valence-electron chi connectivity index (χ0n) is 18.5. The summed E-state index contributed by atoms with van der Waals surface area (Å²) in [5.74, 6) is -0.184. The average Bonchev–Trinajstić information content (AvgIpc) is 3.40. The van der Waals surface area contributed by atoms with E-state index in [-0.39, 0.29) is 17.7 Å². The highest BCUT2D eigenvalue weighted by atomic mass is 32.2. The van der Waals surface area contributed by atoms with Crippen molar-refractivity contribution in [3.63, 3.8) is 0 Å². The minimum atomic E-state index is -3.69. The smallest absolute Gasteiger partial charge is 0.263 e. The van der Waals surface area contributed by atoms with Gasteiger partial charge in [0.25, 0.3) is 11.8 Å². The van der Waals surface area contributed by atoms with Crippen LogP contribution in [-0.4, -0.2) is 56.2 Å². The molecule has 0 radical (unpaired) electrons. The summed E-state index contributed by atoms with van der Waals surface area (Å²) >= 11 is 0. The Labute approximate surface area is 192 Å². The van der Waals surface area contributed by atoms with E-state index in [1.165, 1.54) is 7.11 Å². The molecule has 9 heteroatoms. The van der Waals surface area contributed by atoms with E-state index >= 15 is 0 Å². The van der Waals surface area contributed by atoms with Crippen LogP contribution in [0, 0.1) is 0 Å². The van der Waals surface area contributed by atoms with E-state index in [0.29, 0.717) is 29.4 Å².